The van der Waals surface area contributed by atoms with E-state index in [0.29, 0.717) is 31.9 Å². The monoisotopic (exact) mass is 363 g/mol. The molecular weight excluding hydrogens is 343 g/mol. The Morgan fingerprint density at radius 3 is 2.58 bits per heavy atom. The normalized spacial score (nSPS) is 14.2. The molecule has 6 heteroatoms. The molecule has 0 fully saturated rings. The number of hydrogen-bond acceptors (Lipinski definition) is 3. The first-order valence-corrected chi connectivity index (χ1v) is 8.33. The lowest BCUT2D eigenvalue weighted by Gasteiger charge is -2.20. The van der Waals surface area contributed by atoms with Gasteiger partial charge in [0.05, 0.1) is 5.56 Å². The second-order valence-electron chi connectivity index (χ2n) is 6.20. The lowest BCUT2D eigenvalue weighted by atomic mass is 10.1. The van der Waals surface area contributed by atoms with Gasteiger partial charge < -0.3 is 9.47 Å². The van der Waals surface area contributed by atoms with Crippen LogP contribution in [-0.4, -0.2) is 31.7 Å². The molecule has 3 nitrogen and oxygen atoms in total. The topological polar surface area (TPSA) is 21.7 Å². The maximum Gasteiger partial charge on any atom is 0.416 e. The van der Waals surface area contributed by atoms with Crippen molar-refractivity contribution in [1.82, 2.24) is 4.90 Å². The first-order valence-electron chi connectivity index (χ1n) is 8.33. The number of alkyl halides is 3. The zero-order valence-corrected chi connectivity index (χ0v) is 14.4. The summed E-state index contributed by atoms with van der Waals surface area (Å²) in [6.45, 7) is 2.42. The maximum absolute atomic E-state index is 12.7. The van der Waals surface area contributed by atoms with E-state index in [1.54, 1.807) is 12.1 Å². The van der Waals surface area contributed by atoms with E-state index >= 15 is 0 Å². The van der Waals surface area contributed by atoms with E-state index < -0.39 is 11.7 Å². The second kappa shape index (κ2) is 7.83. The molecule has 0 aliphatic carbocycles. The van der Waals surface area contributed by atoms with Crippen LogP contribution in [0.4, 0.5) is 13.2 Å². The van der Waals surface area contributed by atoms with Crippen molar-refractivity contribution in [3.63, 3.8) is 0 Å². The zero-order valence-electron chi connectivity index (χ0n) is 14.4. The molecule has 1 aliphatic heterocycles. The third kappa shape index (κ3) is 4.79. The highest BCUT2D eigenvalue weighted by Crippen LogP contribution is 2.31. The second-order valence-corrected chi connectivity index (χ2v) is 6.20. The number of halogens is 3. The summed E-state index contributed by atoms with van der Waals surface area (Å²) in [6.07, 6.45) is -0.762. The lowest BCUT2D eigenvalue weighted by molar-refractivity contribution is -0.137. The SMILES string of the molecule is CN(C/C=C/c1cccc(C(F)(F)F)c1)Cc1ccc2c(c1)OCCO2. The predicted molar refractivity (Wildman–Crippen MR) is 94.2 cm³/mol. The Morgan fingerprint density at radius 2 is 1.81 bits per heavy atom. The van der Waals surface area contributed by atoms with Crippen LogP contribution in [0.1, 0.15) is 16.7 Å². The first-order chi connectivity index (χ1) is 12.4. The summed E-state index contributed by atoms with van der Waals surface area (Å²) in [5.41, 5.74) is 0.987. The fourth-order valence-electron chi connectivity index (χ4n) is 2.75. The minimum absolute atomic E-state index is 0.535. The van der Waals surface area contributed by atoms with Crippen molar-refractivity contribution in [1.29, 1.82) is 0 Å². The van der Waals surface area contributed by atoms with Crippen molar-refractivity contribution >= 4 is 6.08 Å². The Labute approximate surface area is 150 Å². The minimum atomic E-state index is -4.32. The molecule has 2 aromatic rings. The third-order valence-electron chi connectivity index (χ3n) is 4.00. The van der Waals surface area contributed by atoms with Crippen molar-refractivity contribution in [3.05, 3.63) is 65.2 Å². The average Bonchev–Trinajstić information content (AvgIpc) is 2.61. The Morgan fingerprint density at radius 1 is 1.04 bits per heavy atom. The van der Waals surface area contributed by atoms with E-state index in [0.717, 1.165) is 29.2 Å². The third-order valence-corrected chi connectivity index (χ3v) is 4.00. The maximum atomic E-state index is 12.7. The molecule has 0 radical (unpaired) electrons. The molecule has 0 saturated heterocycles. The molecule has 138 valence electrons. The fraction of sp³-hybridized carbons (Fsp3) is 0.300. The minimum Gasteiger partial charge on any atom is -0.486 e. The van der Waals surface area contributed by atoms with Gasteiger partial charge in [0.15, 0.2) is 11.5 Å². The van der Waals surface area contributed by atoms with Gasteiger partial charge in [-0.05, 0) is 42.4 Å². The Bertz CT molecular complexity index is 787. The highest BCUT2D eigenvalue weighted by atomic mass is 19.4. The summed E-state index contributed by atoms with van der Waals surface area (Å²) < 4.78 is 49.3. The summed E-state index contributed by atoms with van der Waals surface area (Å²) in [5, 5.41) is 0. The van der Waals surface area contributed by atoms with Gasteiger partial charge in [0.2, 0.25) is 0 Å². The van der Waals surface area contributed by atoms with E-state index in [9.17, 15) is 13.2 Å². The van der Waals surface area contributed by atoms with Crippen molar-refractivity contribution < 1.29 is 22.6 Å². The summed E-state index contributed by atoms with van der Waals surface area (Å²) in [5.74, 6) is 1.51. The van der Waals surface area contributed by atoms with Gasteiger partial charge in [-0.25, -0.2) is 0 Å². The number of fused-ring (bicyclic) bond motifs is 1. The van der Waals surface area contributed by atoms with Gasteiger partial charge in [-0.2, -0.15) is 13.2 Å². The molecule has 0 saturated carbocycles. The highest BCUT2D eigenvalue weighted by molar-refractivity contribution is 5.51. The largest absolute Gasteiger partial charge is 0.486 e. The van der Waals surface area contributed by atoms with Gasteiger partial charge in [0.1, 0.15) is 13.2 Å². The number of benzene rings is 2. The van der Waals surface area contributed by atoms with Crippen molar-refractivity contribution in [2.75, 3.05) is 26.8 Å². The molecular formula is C20H20F3NO2. The standard InChI is InChI=1S/C20H20F3NO2/c1-24(14-16-7-8-18-19(13-16)26-11-10-25-18)9-3-5-15-4-2-6-17(12-15)20(21,22)23/h2-8,12-13H,9-11,14H2,1H3/b5-3+. The van der Waals surface area contributed by atoms with Gasteiger partial charge in [-0.1, -0.05) is 30.4 Å². The lowest BCUT2D eigenvalue weighted by Crippen LogP contribution is -2.19. The number of rotatable bonds is 5. The quantitative estimate of drug-likeness (QED) is 0.774. The molecule has 0 spiro atoms. The van der Waals surface area contributed by atoms with Crippen LogP contribution in [0.2, 0.25) is 0 Å². The molecule has 0 atom stereocenters. The van der Waals surface area contributed by atoms with Crippen molar-refractivity contribution in [3.8, 4) is 11.5 Å². The summed E-state index contributed by atoms with van der Waals surface area (Å²) in [7, 11) is 1.95. The smallest absolute Gasteiger partial charge is 0.416 e. The summed E-state index contributed by atoms with van der Waals surface area (Å²) in [6, 6.07) is 11.1. The van der Waals surface area contributed by atoms with Gasteiger partial charge in [-0.15, -0.1) is 0 Å². The molecule has 2 aromatic carbocycles. The highest BCUT2D eigenvalue weighted by Gasteiger charge is 2.30. The Balaban J connectivity index is 1.57. The summed E-state index contributed by atoms with van der Waals surface area (Å²) in [4.78, 5) is 2.06. The number of hydrogen-bond donors (Lipinski definition) is 0. The van der Waals surface area contributed by atoms with Crippen molar-refractivity contribution in [2.24, 2.45) is 0 Å². The molecule has 1 aliphatic rings. The zero-order chi connectivity index (χ0) is 18.6. The Kier molecular flexibility index (Phi) is 5.52. The van der Waals surface area contributed by atoms with Gasteiger partial charge in [0, 0.05) is 13.1 Å². The van der Waals surface area contributed by atoms with Crippen LogP contribution in [-0.2, 0) is 12.7 Å². The molecule has 3 rings (SSSR count). The van der Waals surface area contributed by atoms with E-state index in [2.05, 4.69) is 4.90 Å². The van der Waals surface area contributed by atoms with Crippen molar-refractivity contribution in [2.45, 2.75) is 12.7 Å². The van der Waals surface area contributed by atoms with Gasteiger partial charge in [0.25, 0.3) is 0 Å². The van der Waals surface area contributed by atoms with Crippen LogP contribution in [0, 0.1) is 0 Å². The Hall–Kier alpha value is -2.47. The molecule has 0 N–H and O–H groups in total. The van der Waals surface area contributed by atoms with E-state index in [1.165, 1.54) is 6.07 Å². The van der Waals surface area contributed by atoms with Crippen LogP contribution in [0.25, 0.3) is 6.08 Å². The molecule has 0 aromatic heterocycles. The number of nitrogens with zero attached hydrogens (tertiary/aromatic N) is 1. The molecule has 0 unspecified atom stereocenters. The van der Waals surface area contributed by atoms with Crippen LogP contribution in [0.15, 0.2) is 48.5 Å². The van der Waals surface area contributed by atoms with Crippen LogP contribution < -0.4 is 9.47 Å². The molecule has 1 heterocycles. The van der Waals surface area contributed by atoms with E-state index in [4.69, 9.17) is 9.47 Å². The predicted octanol–water partition coefficient (Wildman–Crippen LogP) is 4.62. The number of likely N-dealkylation sites (N-methyl/N-ethyl adjacent to an activating group) is 1. The van der Waals surface area contributed by atoms with Crippen LogP contribution in [0.5, 0.6) is 11.5 Å². The molecule has 0 bridgehead atoms. The van der Waals surface area contributed by atoms with Crippen LogP contribution >= 0.6 is 0 Å². The van der Waals surface area contributed by atoms with E-state index in [-0.39, 0.29) is 0 Å². The molecule has 0 amide bonds. The number of ether oxygens (including phenoxy) is 2. The first kappa shape index (κ1) is 18.3. The van der Waals surface area contributed by atoms with Gasteiger partial charge >= 0.3 is 6.18 Å². The van der Waals surface area contributed by atoms with Crippen LogP contribution in [0.3, 0.4) is 0 Å². The molecule has 26 heavy (non-hydrogen) atoms. The summed E-state index contributed by atoms with van der Waals surface area (Å²) >= 11 is 0. The average molecular weight is 363 g/mol. The van der Waals surface area contributed by atoms with Gasteiger partial charge in [-0.3, -0.25) is 4.90 Å². The van der Waals surface area contributed by atoms with E-state index in [1.807, 2.05) is 31.3 Å². The fourth-order valence-corrected chi connectivity index (χ4v) is 2.75.